The number of amidine groups is 1. The van der Waals surface area contributed by atoms with E-state index in [2.05, 4.69) is 21.8 Å². The molecule has 1 aliphatic rings. The summed E-state index contributed by atoms with van der Waals surface area (Å²) in [6.45, 7) is 10.3. The zero-order chi connectivity index (χ0) is 18.2. The molecule has 0 aromatic carbocycles. The van der Waals surface area contributed by atoms with E-state index in [1.165, 1.54) is 6.92 Å². The molecule has 2 atom stereocenters. The van der Waals surface area contributed by atoms with E-state index in [0.717, 1.165) is 12.8 Å². The van der Waals surface area contributed by atoms with Gasteiger partial charge in [0.05, 0.1) is 6.02 Å². The van der Waals surface area contributed by atoms with Crippen LogP contribution in [-0.4, -0.2) is 29.1 Å². The van der Waals surface area contributed by atoms with Gasteiger partial charge in [0.2, 0.25) is 5.91 Å². The first-order chi connectivity index (χ1) is 10.7. The summed E-state index contributed by atoms with van der Waals surface area (Å²) in [6.07, 6.45) is 2.02. The third-order valence-corrected chi connectivity index (χ3v) is 3.76. The Balaban J connectivity index is 0. The summed E-state index contributed by atoms with van der Waals surface area (Å²) in [5, 5.41) is 20.7. The predicted molar refractivity (Wildman–Crippen MR) is 80.9 cm³/mol. The Labute approximate surface area is 163 Å². The van der Waals surface area contributed by atoms with E-state index >= 15 is 0 Å². The van der Waals surface area contributed by atoms with Crippen molar-refractivity contribution in [3.05, 3.63) is 12.2 Å². The van der Waals surface area contributed by atoms with Crippen LogP contribution in [0.1, 0.15) is 47.0 Å². The van der Waals surface area contributed by atoms with Gasteiger partial charge in [-0.3, -0.25) is 14.5 Å². The quantitative estimate of drug-likeness (QED) is 0.190. The number of hydrogen-bond donors (Lipinski definition) is 2. The monoisotopic (exact) mass is 350 g/mol. The molecule has 0 fully saturated rings. The molecule has 0 saturated heterocycles. The summed E-state index contributed by atoms with van der Waals surface area (Å²) in [5.74, 6) is -1.99. The Hall–Kier alpha value is -1.22. The van der Waals surface area contributed by atoms with Crippen molar-refractivity contribution >= 4 is 23.8 Å². The maximum absolute atomic E-state index is 11.9. The van der Waals surface area contributed by atoms with E-state index in [-0.39, 0.29) is 41.0 Å². The Morgan fingerprint density at radius 3 is 2.29 bits per heavy atom. The number of carbonyl (C=O) groups excluding carboxylic acids is 3. The smallest absolute Gasteiger partial charge is 0.846 e. The Bertz CT molecular complexity index is 520. The van der Waals surface area contributed by atoms with Crippen LogP contribution in [0.3, 0.4) is 0 Å². The Morgan fingerprint density at radius 2 is 2.00 bits per heavy atom. The average molecular weight is 350 g/mol. The summed E-state index contributed by atoms with van der Waals surface area (Å²) >= 11 is 0. The van der Waals surface area contributed by atoms with E-state index < -0.39 is 29.2 Å². The van der Waals surface area contributed by atoms with Crippen molar-refractivity contribution in [2.24, 2.45) is 16.3 Å². The van der Waals surface area contributed by atoms with Crippen LogP contribution < -0.4 is 40.0 Å². The molecule has 0 saturated carbocycles. The predicted octanol–water partition coefficient (Wildman–Crippen LogP) is -2.23. The van der Waals surface area contributed by atoms with Gasteiger partial charge in [0.15, 0.2) is 0 Å². The van der Waals surface area contributed by atoms with Gasteiger partial charge in [-0.1, -0.05) is 33.8 Å². The van der Waals surface area contributed by atoms with Gasteiger partial charge in [0.25, 0.3) is 5.91 Å². The summed E-state index contributed by atoms with van der Waals surface area (Å²) in [5.41, 5.74) is -0.966. The van der Waals surface area contributed by atoms with Gasteiger partial charge >= 0.3 is 35.5 Å². The first-order valence-electron chi connectivity index (χ1n) is 7.30. The minimum absolute atomic E-state index is 0. The van der Waals surface area contributed by atoms with Crippen molar-refractivity contribution in [2.45, 2.75) is 47.0 Å². The Kier molecular flexibility index (Phi) is 11.8. The van der Waals surface area contributed by atoms with Crippen molar-refractivity contribution in [1.82, 2.24) is 5.32 Å². The van der Waals surface area contributed by atoms with Crippen molar-refractivity contribution in [3.63, 3.8) is 0 Å². The molecule has 0 radical (unpaired) electrons. The fraction of sp³-hybridized carbons (Fsp3) is 0.600. The van der Waals surface area contributed by atoms with Gasteiger partial charge in [0, 0.05) is 5.57 Å². The summed E-state index contributed by atoms with van der Waals surface area (Å²) < 4.78 is 0. The maximum atomic E-state index is 11.9. The fourth-order valence-corrected chi connectivity index (χ4v) is 2.38. The van der Waals surface area contributed by atoms with E-state index in [9.17, 15) is 19.5 Å². The number of carbonyl (C=O) groups is 3. The second-order valence-corrected chi connectivity index (χ2v) is 5.35. The van der Waals surface area contributed by atoms with Gasteiger partial charge < -0.3 is 10.4 Å². The molecule has 8 nitrogen and oxygen atoms in total. The van der Waals surface area contributed by atoms with Crippen LogP contribution in [-0.2, 0) is 19.3 Å². The number of amides is 2. The Morgan fingerprint density at radius 1 is 1.46 bits per heavy atom. The van der Waals surface area contributed by atoms with Crippen LogP contribution >= 0.6 is 0 Å². The summed E-state index contributed by atoms with van der Waals surface area (Å²) in [6, 6.07) is -0.845. The topological polar surface area (TPSA) is 128 Å². The van der Waals surface area contributed by atoms with E-state index in [0.29, 0.717) is 6.42 Å². The van der Waals surface area contributed by atoms with Gasteiger partial charge in [-0.2, -0.15) is 5.26 Å². The zero-order valence-corrected chi connectivity index (χ0v) is 16.8. The molecule has 0 aliphatic carbocycles. The third-order valence-electron chi connectivity index (χ3n) is 3.76. The van der Waals surface area contributed by atoms with Gasteiger partial charge in [-0.05, 0) is 25.7 Å². The van der Waals surface area contributed by atoms with Crippen molar-refractivity contribution < 1.29 is 59.2 Å². The fourth-order valence-electron chi connectivity index (χ4n) is 2.38. The summed E-state index contributed by atoms with van der Waals surface area (Å²) in [4.78, 5) is 40.3. The molecule has 1 aliphatic heterocycles. The zero-order valence-electron chi connectivity index (χ0n) is 14.8. The minimum Gasteiger partial charge on any atom is -0.846 e. The first-order valence-corrected chi connectivity index (χ1v) is 7.30. The standard InChI is InChI=1S/C11H18N2O3.C4H6O3.Na/c1-4-6-7(3)11(5-2)8(14)12-10(16)13-9(11)15;1-3(2)4(5)7-6;/h7H,4-6H2,1-3H3,(H2,12,13,14,15,16);6H,1H2,2H3;/q;;+1/p-1. The molecule has 130 valence electrons. The van der Waals surface area contributed by atoms with Crippen LogP contribution in [0, 0.1) is 11.3 Å². The first kappa shape index (κ1) is 25.0. The van der Waals surface area contributed by atoms with Crippen LogP contribution in [0.25, 0.3) is 0 Å². The second kappa shape index (κ2) is 11.4. The normalized spacial score (nSPS) is 20.5. The average Bonchev–Trinajstić information content (AvgIpc) is 2.47. The molecule has 24 heavy (non-hydrogen) atoms. The van der Waals surface area contributed by atoms with Gasteiger partial charge in [-0.15, -0.1) is 0 Å². The molecule has 0 aromatic heterocycles. The van der Waals surface area contributed by atoms with E-state index in [4.69, 9.17) is 5.26 Å². The molecule has 0 aromatic rings. The van der Waals surface area contributed by atoms with Gasteiger partial charge in [-0.25, -0.2) is 9.79 Å². The largest absolute Gasteiger partial charge is 1.00 e. The van der Waals surface area contributed by atoms with Crippen LogP contribution in [0.4, 0.5) is 0 Å². The van der Waals surface area contributed by atoms with Crippen LogP contribution in [0.5, 0.6) is 0 Å². The number of nitrogens with zero attached hydrogens (tertiary/aromatic N) is 1. The van der Waals surface area contributed by atoms with Crippen LogP contribution in [0.15, 0.2) is 17.1 Å². The number of aliphatic imine (C=N–C) groups is 1. The number of hydrogen-bond acceptors (Lipinski definition) is 6. The molecular formula is C15H23N2NaO6. The van der Waals surface area contributed by atoms with Crippen molar-refractivity contribution in [3.8, 4) is 0 Å². The number of rotatable bonds is 5. The second-order valence-electron chi connectivity index (χ2n) is 5.35. The maximum Gasteiger partial charge on any atom is 1.00 e. The summed E-state index contributed by atoms with van der Waals surface area (Å²) in [7, 11) is 0. The molecule has 0 bridgehead atoms. The van der Waals surface area contributed by atoms with Crippen molar-refractivity contribution in [1.29, 1.82) is 0 Å². The molecular weight excluding hydrogens is 327 g/mol. The van der Waals surface area contributed by atoms with Gasteiger partial charge in [0.1, 0.15) is 5.41 Å². The third kappa shape index (κ3) is 6.01. The molecule has 2 N–H and O–H groups in total. The SMILES string of the molecule is C=C(C)C(=O)OO.CCCC(C)C1(CC)C(=O)N=C([O-])NC1=O.[Na+]. The molecule has 1 rings (SSSR count). The molecule has 9 heteroatoms. The van der Waals surface area contributed by atoms with E-state index in [1.807, 2.05) is 13.8 Å². The molecule has 2 amide bonds. The van der Waals surface area contributed by atoms with Crippen molar-refractivity contribution in [2.75, 3.05) is 0 Å². The van der Waals surface area contributed by atoms with E-state index in [1.54, 1.807) is 6.92 Å². The number of nitrogens with one attached hydrogen (secondary N) is 1. The molecule has 2 unspecified atom stereocenters. The molecule has 0 spiro atoms. The minimum atomic E-state index is -1.15. The molecule has 1 heterocycles. The van der Waals surface area contributed by atoms with Crippen LogP contribution in [0.2, 0.25) is 0 Å².